The summed E-state index contributed by atoms with van der Waals surface area (Å²) in [4.78, 5) is 4.39. The summed E-state index contributed by atoms with van der Waals surface area (Å²) >= 11 is 6.22. The van der Waals surface area contributed by atoms with E-state index in [9.17, 15) is 0 Å². The molecule has 0 fully saturated rings. The van der Waals surface area contributed by atoms with Crippen LogP contribution in [-0.4, -0.2) is 16.2 Å². The lowest BCUT2D eigenvalue weighted by atomic mass is 10.2. The Morgan fingerprint density at radius 3 is 2.94 bits per heavy atom. The molecular weight excluding hydrogens is 236 g/mol. The van der Waals surface area contributed by atoms with Gasteiger partial charge in [-0.3, -0.25) is 0 Å². The van der Waals surface area contributed by atoms with E-state index in [4.69, 9.17) is 16.3 Å². The van der Waals surface area contributed by atoms with Gasteiger partial charge in [-0.05, 0) is 24.5 Å². The fraction of sp³-hybridized carbons (Fsp3) is 0.462. The fourth-order valence-electron chi connectivity index (χ4n) is 1.93. The minimum Gasteiger partial charge on any atom is -0.361 e. The topological polar surface area (TPSA) is 27.1 Å². The van der Waals surface area contributed by atoms with Gasteiger partial charge in [-0.25, -0.2) is 4.98 Å². The predicted molar refractivity (Wildman–Crippen MR) is 70.4 cm³/mol. The minimum atomic E-state index is 0.539. The van der Waals surface area contributed by atoms with Crippen molar-refractivity contribution in [2.24, 2.45) is 0 Å². The van der Waals surface area contributed by atoms with Gasteiger partial charge in [-0.1, -0.05) is 25.4 Å². The second-order valence-electron chi connectivity index (χ2n) is 4.01. The molecule has 0 radical (unpaired) electrons. The van der Waals surface area contributed by atoms with Gasteiger partial charge < -0.3 is 9.30 Å². The maximum atomic E-state index is 6.22. The van der Waals surface area contributed by atoms with E-state index in [0.717, 1.165) is 35.5 Å². The van der Waals surface area contributed by atoms with Crippen LogP contribution in [0.2, 0.25) is 5.02 Å². The average Bonchev–Trinajstić information content (AvgIpc) is 2.70. The Labute approximate surface area is 106 Å². The molecule has 0 amide bonds. The van der Waals surface area contributed by atoms with Crippen molar-refractivity contribution < 1.29 is 4.74 Å². The average molecular weight is 253 g/mol. The molecule has 0 aliphatic carbocycles. The first kappa shape index (κ1) is 12.4. The van der Waals surface area contributed by atoms with Crippen LogP contribution in [-0.2, 0) is 17.9 Å². The Kier molecular flexibility index (Phi) is 4.02. The number of hydrogen-bond acceptors (Lipinski definition) is 2. The molecule has 0 aromatic carbocycles. The van der Waals surface area contributed by atoms with Gasteiger partial charge in [-0.2, -0.15) is 0 Å². The fourth-order valence-corrected chi connectivity index (χ4v) is 2.19. The molecule has 2 rings (SSSR count). The third-order valence-electron chi connectivity index (χ3n) is 2.74. The van der Waals surface area contributed by atoms with E-state index in [1.807, 2.05) is 10.6 Å². The number of aryl methyl sites for hydroxylation is 1. The van der Waals surface area contributed by atoms with E-state index in [2.05, 4.69) is 25.0 Å². The highest BCUT2D eigenvalue weighted by atomic mass is 35.5. The molecule has 92 valence electrons. The van der Waals surface area contributed by atoms with Crippen molar-refractivity contribution >= 4 is 22.6 Å². The molecule has 0 aliphatic rings. The van der Waals surface area contributed by atoms with Gasteiger partial charge in [0.25, 0.3) is 0 Å². The molecule has 0 bridgehead atoms. The normalized spacial score (nSPS) is 11.2. The lowest BCUT2D eigenvalue weighted by Gasteiger charge is -2.05. The minimum absolute atomic E-state index is 0.539. The van der Waals surface area contributed by atoms with Crippen LogP contribution in [0.15, 0.2) is 18.5 Å². The summed E-state index contributed by atoms with van der Waals surface area (Å²) in [5.74, 6) is 0. The van der Waals surface area contributed by atoms with Crippen LogP contribution in [0.3, 0.4) is 0 Å². The maximum Gasteiger partial charge on any atom is 0.143 e. The van der Waals surface area contributed by atoms with Gasteiger partial charge in [0.15, 0.2) is 0 Å². The Bertz CT molecular complexity index is 507. The van der Waals surface area contributed by atoms with Crippen molar-refractivity contribution in [3.05, 3.63) is 29.0 Å². The van der Waals surface area contributed by atoms with Crippen LogP contribution in [0, 0.1) is 0 Å². The number of ether oxygens (including phenoxy) is 1. The number of fused-ring (bicyclic) bond motifs is 1. The zero-order chi connectivity index (χ0) is 12.3. The monoisotopic (exact) mass is 252 g/mol. The van der Waals surface area contributed by atoms with Crippen LogP contribution in [0.25, 0.3) is 11.0 Å². The van der Waals surface area contributed by atoms with Gasteiger partial charge >= 0.3 is 0 Å². The third kappa shape index (κ3) is 2.45. The lowest BCUT2D eigenvalue weighted by molar-refractivity contribution is 0.0800. The van der Waals surface area contributed by atoms with Crippen LogP contribution >= 0.6 is 11.6 Å². The second-order valence-corrected chi connectivity index (χ2v) is 4.41. The smallest absolute Gasteiger partial charge is 0.143 e. The number of halogens is 1. The Morgan fingerprint density at radius 2 is 2.24 bits per heavy atom. The van der Waals surface area contributed by atoms with Crippen LogP contribution < -0.4 is 0 Å². The van der Waals surface area contributed by atoms with E-state index in [1.54, 1.807) is 6.20 Å². The van der Waals surface area contributed by atoms with E-state index >= 15 is 0 Å². The predicted octanol–water partition coefficient (Wildman–Crippen LogP) is 3.64. The summed E-state index contributed by atoms with van der Waals surface area (Å²) in [6.07, 6.45) is 5.79. The van der Waals surface area contributed by atoms with Gasteiger partial charge in [-0.15, -0.1) is 0 Å². The van der Waals surface area contributed by atoms with Crippen LogP contribution in [0.4, 0.5) is 0 Å². The molecule has 2 aromatic heterocycles. The summed E-state index contributed by atoms with van der Waals surface area (Å²) in [5, 5.41) is 1.82. The summed E-state index contributed by atoms with van der Waals surface area (Å²) in [7, 11) is 0. The maximum absolute atomic E-state index is 6.22. The quantitative estimate of drug-likeness (QED) is 0.760. The van der Waals surface area contributed by atoms with Gasteiger partial charge in [0.2, 0.25) is 0 Å². The van der Waals surface area contributed by atoms with Gasteiger partial charge in [0.1, 0.15) is 12.4 Å². The number of hydrogen-bond donors (Lipinski definition) is 0. The highest BCUT2D eigenvalue weighted by Crippen LogP contribution is 2.27. The Hall–Kier alpha value is -1.06. The van der Waals surface area contributed by atoms with Crippen molar-refractivity contribution in [1.29, 1.82) is 0 Å². The van der Waals surface area contributed by atoms with Crippen molar-refractivity contribution in [3.8, 4) is 0 Å². The number of aromatic nitrogens is 2. The number of rotatable bonds is 5. The first-order chi connectivity index (χ1) is 8.27. The highest BCUT2D eigenvalue weighted by molar-refractivity contribution is 6.35. The van der Waals surface area contributed by atoms with Gasteiger partial charge in [0.05, 0.1) is 5.02 Å². The van der Waals surface area contributed by atoms with Crippen LogP contribution in [0.1, 0.15) is 25.8 Å². The second kappa shape index (κ2) is 5.52. The molecule has 0 atom stereocenters. The van der Waals surface area contributed by atoms with E-state index in [0.29, 0.717) is 6.73 Å². The summed E-state index contributed by atoms with van der Waals surface area (Å²) < 4.78 is 7.58. The van der Waals surface area contributed by atoms with Crippen molar-refractivity contribution in [3.63, 3.8) is 0 Å². The van der Waals surface area contributed by atoms with Crippen LogP contribution in [0.5, 0.6) is 0 Å². The van der Waals surface area contributed by atoms with E-state index in [-0.39, 0.29) is 0 Å². The largest absolute Gasteiger partial charge is 0.361 e. The van der Waals surface area contributed by atoms with Crippen molar-refractivity contribution in [2.75, 3.05) is 6.61 Å². The molecule has 0 saturated heterocycles. The summed E-state index contributed by atoms with van der Waals surface area (Å²) in [6.45, 7) is 5.52. The summed E-state index contributed by atoms with van der Waals surface area (Å²) in [6, 6.07) is 1.83. The lowest BCUT2D eigenvalue weighted by Crippen LogP contribution is -2.02. The molecule has 3 nitrogen and oxygen atoms in total. The zero-order valence-electron chi connectivity index (χ0n) is 10.2. The molecule has 0 saturated carbocycles. The first-order valence-electron chi connectivity index (χ1n) is 5.97. The Morgan fingerprint density at radius 1 is 1.41 bits per heavy atom. The molecule has 17 heavy (non-hydrogen) atoms. The van der Waals surface area contributed by atoms with Gasteiger partial charge in [0, 0.05) is 24.4 Å². The zero-order valence-corrected chi connectivity index (χ0v) is 11.0. The highest BCUT2D eigenvalue weighted by Gasteiger charge is 2.11. The van der Waals surface area contributed by atoms with E-state index < -0.39 is 0 Å². The van der Waals surface area contributed by atoms with E-state index in [1.165, 1.54) is 5.56 Å². The first-order valence-corrected chi connectivity index (χ1v) is 6.35. The van der Waals surface area contributed by atoms with Crippen molar-refractivity contribution in [2.45, 2.75) is 33.4 Å². The third-order valence-corrected chi connectivity index (χ3v) is 3.06. The molecule has 0 aliphatic heterocycles. The standard InChI is InChI=1S/C13H17ClN2O/c1-3-7-17-9-16-8-10(4-2)12-11(14)5-6-15-13(12)16/h5-6,8H,3-4,7,9H2,1-2H3. The van der Waals surface area contributed by atoms with Crippen molar-refractivity contribution in [1.82, 2.24) is 9.55 Å². The molecule has 2 aromatic rings. The molecular formula is C13H17ClN2O. The molecule has 4 heteroatoms. The number of nitrogens with zero attached hydrogens (tertiary/aromatic N) is 2. The number of pyridine rings is 1. The molecule has 0 unspecified atom stereocenters. The molecule has 2 heterocycles. The Balaban J connectivity index is 2.39. The summed E-state index contributed by atoms with van der Waals surface area (Å²) in [5.41, 5.74) is 2.13. The SMILES string of the molecule is CCCOCn1cc(CC)c2c(Cl)ccnc21. The molecule has 0 spiro atoms. The molecule has 0 N–H and O–H groups in total.